The molecule has 16 nitrogen and oxygen atoms in total. The van der Waals surface area contributed by atoms with Gasteiger partial charge in [0, 0.05) is 19.3 Å². The Morgan fingerprint density at radius 2 is 0.570 bits per heavy atom. The number of carbonyl (C=O) groups excluding carboxylic acids is 3. The van der Waals surface area contributed by atoms with Crippen LogP contribution in [0.1, 0.15) is 265 Å². The van der Waals surface area contributed by atoms with E-state index in [2.05, 4.69) is 154 Å². The molecule has 0 aromatic rings. The molecule has 18 heteroatoms. The van der Waals surface area contributed by atoms with Gasteiger partial charge >= 0.3 is 33.6 Å². The third-order valence-electron chi connectivity index (χ3n) is 14.3. The number of aliphatic hydroxyl groups excluding tert-OH is 2. The Kier molecular flexibility index (Phi) is 64.5. The molecule has 0 aliphatic rings. The maximum atomic E-state index is 12.9. The lowest BCUT2D eigenvalue weighted by atomic mass is 10.1. The molecular weight excluding hydrogens is 1220 g/mol. The van der Waals surface area contributed by atoms with Crippen LogP contribution < -0.4 is 0 Å². The maximum absolute atomic E-state index is 12.9. The first-order valence-corrected chi connectivity index (χ1v) is 38.5. The minimum absolute atomic E-state index is 0.0817. The Labute approximate surface area is 563 Å². The average molecular weight is 1350 g/mol. The molecule has 4 N–H and O–H groups in total. The smallest absolute Gasteiger partial charge is 0.463 e. The van der Waals surface area contributed by atoms with Crippen molar-refractivity contribution in [3.05, 3.63) is 134 Å². The van der Waals surface area contributed by atoms with Crippen molar-refractivity contribution >= 4 is 33.6 Å². The van der Waals surface area contributed by atoms with Crippen molar-refractivity contribution in [1.29, 1.82) is 0 Å². The number of esters is 3. The maximum Gasteiger partial charge on any atom is 0.472 e. The van der Waals surface area contributed by atoms with Crippen molar-refractivity contribution in [2.24, 2.45) is 0 Å². The van der Waals surface area contributed by atoms with Crippen LogP contribution >= 0.6 is 15.6 Å². The van der Waals surface area contributed by atoms with E-state index in [1.54, 1.807) is 0 Å². The van der Waals surface area contributed by atoms with Crippen LogP contribution in [0.25, 0.3) is 0 Å². The standard InChI is InChI=1S/C75H126O16P2/c1-4-7-10-13-16-19-22-25-28-30-32-33-34-35-37-39-41-43-46-49-52-55-58-61-73(78)85-64-70(76)65-87-92(81,82)88-66-71(77)67-89-93(83,84)90-69-72(91-75(80)63-60-57-54-51-48-45-40-27-24-21-18-15-12-9-6-3)68-86-74(79)62-59-56-53-50-47-44-42-38-36-31-29-26-23-20-17-14-11-8-5-2/h7,10,16-21,25-29,32-33,35-38,40-41,43,70-72,76-77H,4-6,8-9,11-15,22-24,30-31,34,39,42,44-69H2,1-3H3,(H,81,82)(H,83,84)/b10-7-,19-16-,20-17-,21-18-,28-25-,29-26-,33-32-,37-35-,38-36-,40-27-,43-41-. The van der Waals surface area contributed by atoms with E-state index in [4.69, 9.17) is 32.3 Å². The largest absolute Gasteiger partial charge is 0.472 e. The van der Waals surface area contributed by atoms with Gasteiger partial charge in [0.15, 0.2) is 6.10 Å². The lowest BCUT2D eigenvalue weighted by molar-refractivity contribution is -0.161. The minimum Gasteiger partial charge on any atom is -0.463 e. The highest BCUT2D eigenvalue weighted by Gasteiger charge is 2.29. The zero-order valence-electron chi connectivity index (χ0n) is 57.6. The van der Waals surface area contributed by atoms with Gasteiger partial charge in [0.2, 0.25) is 0 Å². The highest BCUT2D eigenvalue weighted by molar-refractivity contribution is 7.47. The first-order valence-electron chi connectivity index (χ1n) is 35.5. The first kappa shape index (κ1) is 88.7. The van der Waals surface area contributed by atoms with Crippen molar-refractivity contribution in [3.63, 3.8) is 0 Å². The Balaban J connectivity index is 4.69. The number of carbonyl (C=O) groups is 3. The quantitative estimate of drug-likeness (QED) is 0.0146. The summed E-state index contributed by atoms with van der Waals surface area (Å²) >= 11 is 0. The zero-order valence-corrected chi connectivity index (χ0v) is 59.4. The zero-order chi connectivity index (χ0) is 68.1. The molecule has 0 aliphatic carbocycles. The molecule has 5 unspecified atom stereocenters. The number of unbranched alkanes of at least 4 members (excludes halogenated alkanes) is 21. The Hall–Kier alpha value is -4.31. The number of rotatable bonds is 66. The van der Waals surface area contributed by atoms with E-state index in [0.717, 1.165) is 167 Å². The van der Waals surface area contributed by atoms with Crippen LogP contribution in [0.2, 0.25) is 0 Å². The van der Waals surface area contributed by atoms with E-state index in [9.17, 15) is 43.5 Å². The molecule has 0 aromatic heterocycles. The second-order valence-electron chi connectivity index (χ2n) is 23.3. The van der Waals surface area contributed by atoms with E-state index in [1.807, 2.05) is 0 Å². The molecule has 0 aliphatic heterocycles. The Bertz CT molecular complexity index is 2230. The van der Waals surface area contributed by atoms with Crippen LogP contribution in [0.15, 0.2) is 134 Å². The van der Waals surface area contributed by atoms with Crippen LogP contribution in [0.3, 0.4) is 0 Å². The summed E-state index contributed by atoms with van der Waals surface area (Å²) in [6, 6.07) is 0. The topological polar surface area (TPSA) is 231 Å². The summed E-state index contributed by atoms with van der Waals surface area (Å²) in [4.78, 5) is 58.5. The summed E-state index contributed by atoms with van der Waals surface area (Å²) in [5.41, 5.74) is 0. The second kappa shape index (κ2) is 67.7. The number of ether oxygens (including phenoxy) is 3. The molecule has 0 saturated carbocycles. The van der Waals surface area contributed by atoms with E-state index in [-0.39, 0.29) is 19.3 Å². The summed E-state index contributed by atoms with van der Waals surface area (Å²) in [5, 5.41) is 20.6. The molecule has 0 bridgehead atoms. The van der Waals surface area contributed by atoms with Crippen LogP contribution in [-0.2, 0) is 55.8 Å². The fourth-order valence-corrected chi connectivity index (χ4v) is 10.5. The SMILES string of the molecule is CC/C=C\C/C=C\C/C=C\C/C=C\C/C=C\C/C=C\CCCCCCC(=O)OCC(O)COP(=O)(O)OCC(O)COP(=O)(O)OCC(COC(=O)CCCCCCCC/C=C\C/C=C\C/C=C\CCCCC)OC(=O)CCCCCCC/C=C\C/C=C\CCCCC. The van der Waals surface area contributed by atoms with Crippen LogP contribution in [-0.4, -0.2) is 95.9 Å². The summed E-state index contributed by atoms with van der Waals surface area (Å²) in [5.74, 6) is -1.63. The van der Waals surface area contributed by atoms with Crippen molar-refractivity contribution in [2.45, 2.75) is 283 Å². The number of aliphatic hydroxyl groups is 2. The second-order valence-corrected chi connectivity index (χ2v) is 26.2. The first-order chi connectivity index (χ1) is 45.2. The van der Waals surface area contributed by atoms with Crippen LogP contribution in [0.5, 0.6) is 0 Å². The Morgan fingerprint density at radius 3 is 0.903 bits per heavy atom. The lowest BCUT2D eigenvalue weighted by Crippen LogP contribution is -2.30. The van der Waals surface area contributed by atoms with Gasteiger partial charge in [0.05, 0.1) is 26.4 Å². The van der Waals surface area contributed by atoms with Gasteiger partial charge in [-0.25, -0.2) is 9.13 Å². The van der Waals surface area contributed by atoms with Crippen molar-refractivity contribution in [3.8, 4) is 0 Å². The van der Waals surface area contributed by atoms with Gasteiger partial charge in [-0.05, 0) is 141 Å². The van der Waals surface area contributed by atoms with Gasteiger partial charge in [0.25, 0.3) is 0 Å². The molecule has 0 amide bonds. The van der Waals surface area contributed by atoms with Gasteiger partial charge in [0.1, 0.15) is 25.4 Å². The van der Waals surface area contributed by atoms with Crippen molar-refractivity contribution in [1.82, 2.24) is 0 Å². The molecule has 532 valence electrons. The highest BCUT2D eigenvalue weighted by Crippen LogP contribution is 2.45. The van der Waals surface area contributed by atoms with Crippen LogP contribution in [0.4, 0.5) is 0 Å². The fraction of sp³-hybridized carbons (Fsp3) is 0.667. The van der Waals surface area contributed by atoms with E-state index in [1.165, 1.54) is 38.5 Å². The van der Waals surface area contributed by atoms with Crippen molar-refractivity contribution < 1.29 is 75.8 Å². The molecule has 0 heterocycles. The summed E-state index contributed by atoms with van der Waals surface area (Å²) in [6.45, 7) is 2.43. The predicted octanol–water partition coefficient (Wildman–Crippen LogP) is 20.0. The van der Waals surface area contributed by atoms with Gasteiger partial charge in [-0.15, -0.1) is 0 Å². The van der Waals surface area contributed by atoms with Gasteiger partial charge in [-0.2, -0.15) is 0 Å². The summed E-state index contributed by atoms with van der Waals surface area (Å²) < 4.78 is 60.9. The number of hydrogen-bond acceptors (Lipinski definition) is 14. The third kappa shape index (κ3) is 68.9. The van der Waals surface area contributed by atoms with E-state index in [0.29, 0.717) is 19.3 Å². The lowest BCUT2D eigenvalue weighted by Gasteiger charge is -2.21. The van der Waals surface area contributed by atoms with Gasteiger partial charge < -0.3 is 34.2 Å². The number of hydrogen-bond donors (Lipinski definition) is 4. The van der Waals surface area contributed by atoms with Gasteiger partial charge in [-0.1, -0.05) is 238 Å². The minimum atomic E-state index is -4.94. The fourth-order valence-electron chi connectivity index (χ4n) is 8.90. The third-order valence-corrected chi connectivity index (χ3v) is 16.2. The summed E-state index contributed by atoms with van der Waals surface area (Å²) in [7, 11) is -9.80. The normalized spacial score (nSPS) is 15.0. The monoisotopic (exact) mass is 1340 g/mol. The molecule has 0 saturated heterocycles. The van der Waals surface area contributed by atoms with Crippen LogP contribution in [0, 0.1) is 0 Å². The number of phosphoric ester groups is 2. The summed E-state index contributed by atoms with van der Waals surface area (Å²) in [6.07, 6.45) is 79.2. The molecule has 0 radical (unpaired) electrons. The molecule has 0 rings (SSSR count). The highest BCUT2D eigenvalue weighted by atomic mass is 31.2. The molecule has 0 aromatic carbocycles. The van der Waals surface area contributed by atoms with E-state index < -0.39 is 91.5 Å². The van der Waals surface area contributed by atoms with Gasteiger partial charge in [-0.3, -0.25) is 32.5 Å². The number of allylic oxidation sites excluding steroid dienone is 22. The van der Waals surface area contributed by atoms with E-state index >= 15 is 0 Å². The molecule has 93 heavy (non-hydrogen) atoms. The number of phosphoric acid groups is 2. The molecule has 5 atom stereocenters. The van der Waals surface area contributed by atoms with Crippen molar-refractivity contribution in [2.75, 3.05) is 39.6 Å². The Morgan fingerprint density at radius 1 is 0.312 bits per heavy atom. The predicted molar refractivity (Wildman–Crippen MR) is 380 cm³/mol. The molecule has 0 spiro atoms. The molecular formula is C75H126O16P2. The molecule has 0 fully saturated rings. The average Bonchev–Trinajstić information content (AvgIpc) is 3.74.